The minimum Gasteiger partial charge on any atom is -0.480 e. The highest BCUT2D eigenvalue weighted by molar-refractivity contribution is 5.98. The van der Waals surface area contributed by atoms with Crippen LogP contribution in [0.25, 0.3) is 5.69 Å². The van der Waals surface area contributed by atoms with E-state index in [-0.39, 0.29) is 11.7 Å². The van der Waals surface area contributed by atoms with Crippen molar-refractivity contribution in [1.82, 2.24) is 9.88 Å². The van der Waals surface area contributed by atoms with Crippen LogP contribution >= 0.6 is 0 Å². The van der Waals surface area contributed by atoms with Gasteiger partial charge in [0.05, 0.1) is 5.56 Å². The molecule has 0 aliphatic heterocycles. The number of amides is 1. The first-order chi connectivity index (χ1) is 11.4. The fraction of sp³-hybridized carbons (Fsp3) is 0.333. The second-order valence-electron chi connectivity index (χ2n) is 6.22. The van der Waals surface area contributed by atoms with Crippen LogP contribution in [0.1, 0.15) is 34.6 Å². The van der Waals surface area contributed by atoms with E-state index in [1.165, 1.54) is 12.1 Å². The third-order valence-electron chi connectivity index (χ3n) is 4.41. The zero-order valence-corrected chi connectivity index (χ0v) is 13.5. The van der Waals surface area contributed by atoms with Crippen LogP contribution in [0.15, 0.2) is 30.3 Å². The summed E-state index contributed by atoms with van der Waals surface area (Å²) in [5.74, 6) is -1.70. The molecule has 1 aliphatic rings. The molecule has 5 nitrogen and oxygen atoms in total. The highest BCUT2D eigenvalue weighted by Gasteiger charge is 2.37. The van der Waals surface area contributed by atoms with E-state index in [9.17, 15) is 19.1 Å². The van der Waals surface area contributed by atoms with Gasteiger partial charge in [-0.25, -0.2) is 9.18 Å². The minimum atomic E-state index is -1.00. The van der Waals surface area contributed by atoms with E-state index in [0.717, 1.165) is 24.2 Å². The number of halogens is 1. The topological polar surface area (TPSA) is 71.3 Å². The van der Waals surface area contributed by atoms with Gasteiger partial charge >= 0.3 is 5.97 Å². The molecule has 1 aliphatic carbocycles. The number of carboxylic acids is 1. The maximum absolute atomic E-state index is 13.1. The Balaban J connectivity index is 1.89. The first kappa shape index (κ1) is 16.2. The van der Waals surface area contributed by atoms with E-state index in [1.807, 2.05) is 11.5 Å². The third-order valence-corrected chi connectivity index (χ3v) is 4.41. The lowest BCUT2D eigenvalue weighted by atomic mass is 10.1. The summed E-state index contributed by atoms with van der Waals surface area (Å²) in [7, 11) is 0. The molecule has 24 heavy (non-hydrogen) atoms. The van der Waals surface area contributed by atoms with Crippen molar-refractivity contribution in [2.45, 2.75) is 32.7 Å². The number of carbonyl (C=O) groups is 2. The Kier molecular flexibility index (Phi) is 4.13. The summed E-state index contributed by atoms with van der Waals surface area (Å²) in [6.45, 7) is 3.64. The largest absolute Gasteiger partial charge is 0.480 e. The number of aliphatic carboxylic acids is 1. The van der Waals surface area contributed by atoms with E-state index in [2.05, 4.69) is 5.32 Å². The Morgan fingerprint density at radius 3 is 2.42 bits per heavy atom. The summed E-state index contributed by atoms with van der Waals surface area (Å²) in [6, 6.07) is 6.89. The van der Waals surface area contributed by atoms with Gasteiger partial charge in [-0.05, 0) is 62.9 Å². The molecular weight excluding hydrogens is 311 g/mol. The summed E-state index contributed by atoms with van der Waals surface area (Å²) in [6.07, 6.45) is 1.65. The normalized spacial score (nSPS) is 15.1. The number of carbonyl (C=O) groups excluding carboxylic acids is 1. The van der Waals surface area contributed by atoms with Gasteiger partial charge in [0.2, 0.25) is 0 Å². The fourth-order valence-electron chi connectivity index (χ4n) is 3.01. The maximum Gasteiger partial charge on any atom is 0.326 e. The van der Waals surface area contributed by atoms with Crippen LogP contribution in [0.5, 0.6) is 0 Å². The number of aryl methyl sites for hydroxylation is 1. The quantitative estimate of drug-likeness (QED) is 0.885. The Hall–Kier alpha value is -2.63. The molecule has 1 heterocycles. The van der Waals surface area contributed by atoms with E-state index < -0.39 is 17.9 Å². The van der Waals surface area contributed by atoms with Crippen LogP contribution < -0.4 is 5.32 Å². The number of rotatable bonds is 5. The summed E-state index contributed by atoms with van der Waals surface area (Å²) >= 11 is 0. The molecule has 1 aromatic heterocycles. The lowest BCUT2D eigenvalue weighted by Gasteiger charge is -2.14. The maximum atomic E-state index is 13.1. The summed E-state index contributed by atoms with van der Waals surface area (Å²) in [5, 5.41) is 11.9. The monoisotopic (exact) mass is 330 g/mol. The molecule has 126 valence electrons. The first-order valence-corrected chi connectivity index (χ1v) is 7.87. The standard InChI is InChI=1S/C18H19FN2O3/c1-10-9-15(17(22)20-16(18(23)24)12-3-4-12)11(2)21(10)14-7-5-13(19)6-8-14/h5-9,12,16H,3-4H2,1-2H3,(H,20,22)(H,23,24). The summed E-state index contributed by atoms with van der Waals surface area (Å²) in [4.78, 5) is 23.8. The second-order valence-corrected chi connectivity index (χ2v) is 6.22. The highest BCUT2D eigenvalue weighted by atomic mass is 19.1. The minimum absolute atomic E-state index is 0.0204. The lowest BCUT2D eigenvalue weighted by Crippen LogP contribution is -2.42. The predicted molar refractivity (Wildman–Crippen MR) is 86.8 cm³/mol. The Bertz CT molecular complexity index is 791. The number of carboxylic acid groups (broad SMARTS) is 1. The molecule has 3 rings (SSSR count). The summed E-state index contributed by atoms with van der Waals surface area (Å²) < 4.78 is 15.0. The molecule has 1 amide bonds. The van der Waals surface area contributed by atoms with Crippen LogP contribution in [0, 0.1) is 25.6 Å². The Labute approximate surface area is 139 Å². The number of nitrogens with one attached hydrogen (secondary N) is 1. The van der Waals surface area contributed by atoms with Gasteiger partial charge in [-0.1, -0.05) is 0 Å². The highest BCUT2D eigenvalue weighted by Crippen LogP contribution is 2.33. The smallest absolute Gasteiger partial charge is 0.326 e. The molecule has 6 heteroatoms. The number of aromatic nitrogens is 1. The summed E-state index contributed by atoms with van der Waals surface area (Å²) in [5.41, 5.74) is 2.70. The third kappa shape index (κ3) is 3.04. The molecular formula is C18H19FN2O3. The van der Waals surface area contributed by atoms with Crippen molar-refractivity contribution >= 4 is 11.9 Å². The average molecular weight is 330 g/mol. The first-order valence-electron chi connectivity index (χ1n) is 7.87. The van der Waals surface area contributed by atoms with Gasteiger partial charge in [0, 0.05) is 17.1 Å². The SMILES string of the molecule is Cc1cc(C(=O)NC(C(=O)O)C2CC2)c(C)n1-c1ccc(F)cc1. The zero-order chi connectivity index (χ0) is 17.4. The molecule has 1 aromatic carbocycles. The van der Waals surface area contributed by atoms with Crippen molar-refractivity contribution in [2.24, 2.45) is 5.92 Å². The van der Waals surface area contributed by atoms with E-state index in [0.29, 0.717) is 11.3 Å². The van der Waals surface area contributed by atoms with E-state index in [4.69, 9.17) is 0 Å². The van der Waals surface area contributed by atoms with Crippen molar-refractivity contribution in [3.8, 4) is 5.69 Å². The van der Waals surface area contributed by atoms with Gasteiger partial charge in [0.25, 0.3) is 5.91 Å². The molecule has 1 fully saturated rings. The van der Waals surface area contributed by atoms with Crippen molar-refractivity contribution in [3.05, 3.63) is 53.1 Å². The molecule has 1 atom stereocenters. The number of nitrogens with zero attached hydrogens (tertiary/aromatic N) is 1. The average Bonchev–Trinajstić information content (AvgIpc) is 3.32. The van der Waals surface area contributed by atoms with Crippen molar-refractivity contribution in [2.75, 3.05) is 0 Å². The van der Waals surface area contributed by atoms with Gasteiger partial charge in [0.15, 0.2) is 0 Å². The van der Waals surface area contributed by atoms with Gasteiger partial charge in [-0.15, -0.1) is 0 Å². The second kappa shape index (κ2) is 6.11. The van der Waals surface area contributed by atoms with Crippen LogP contribution in [-0.2, 0) is 4.79 Å². The molecule has 1 saturated carbocycles. The van der Waals surface area contributed by atoms with Gasteiger partial charge in [0.1, 0.15) is 11.9 Å². The van der Waals surface area contributed by atoms with Gasteiger partial charge < -0.3 is 15.0 Å². The number of hydrogen-bond donors (Lipinski definition) is 2. The van der Waals surface area contributed by atoms with Gasteiger partial charge in [-0.3, -0.25) is 4.79 Å². The van der Waals surface area contributed by atoms with Crippen molar-refractivity contribution in [3.63, 3.8) is 0 Å². The fourth-order valence-corrected chi connectivity index (χ4v) is 3.01. The lowest BCUT2D eigenvalue weighted by molar-refractivity contribution is -0.139. The molecule has 1 unspecified atom stereocenters. The van der Waals surface area contributed by atoms with E-state index >= 15 is 0 Å². The number of hydrogen-bond acceptors (Lipinski definition) is 2. The van der Waals surface area contributed by atoms with Crippen LogP contribution in [-0.4, -0.2) is 27.6 Å². The van der Waals surface area contributed by atoms with Crippen molar-refractivity contribution in [1.29, 1.82) is 0 Å². The van der Waals surface area contributed by atoms with Crippen LogP contribution in [0.4, 0.5) is 4.39 Å². The van der Waals surface area contributed by atoms with Crippen LogP contribution in [0.3, 0.4) is 0 Å². The Morgan fingerprint density at radius 2 is 1.88 bits per heavy atom. The molecule has 0 bridgehead atoms. The van der Waals surface area contributed by atoms with Crippen LogP contribution in [0.2, 0.25) is 0 Å². The van der Waals surface area contributed by atoms with Gasteiger partial charge in [-0.2, -0.15) is 0 Å². The number of benzene rings is 1. The predicted octanol–water partition coefficient (Wildman–Crippen LogP) is 2.83. The molecule has 0 saturated heterocycles. The molecule has 0 radical (unpaired) electrons. The molecule has 2 N–H and O–H groups in total. The van der Waals surface area contributed by atoms with Crippen molar-refractivity contribution < 1.29 is 19.1 Å². The molecule has 0 spiro atoms. The Morgan fingerprint density at radius 1 is 1.25 bits per heavy atom. The molecule has 2 aromatic rings. The van der Waals surface area contributed by atoms with E-state index in [1.54, 1.807) is 25.1 Å². The zero-order valence-electron chi connectivity index (χ0n) is 13.5.